The Kier molecular flexibility index (Phi) is 5.24. The molecule has 3 fully saturated rings. The Morgan fingerprint density at radius 1 is 1.18 bits per heavy atom. The number of likely N-dealkylation sites (tertiary alicyclic amines) is 1. The predicted molar refractivity (Wildman–Crippen MR) is 84.7 cm³/mol. The maximum absolute atomic E-state index is 12.4. The van der Waals surface area contributed by atoms with Crippen molar-refractivity contribution in [2.75, 3.05) is 26.3 Å². The second kappa shape index (κ2) is 7.18. The Morgan fingerprint density at radius 3 is 2.59 bits per heavy atom. The summed E-state index contributed by atoms with van der Waals surface area (Å²) in [7, 11) is 0. The molecule has 0 radical (unpaired) electrons. The maximum Gasteiger partial charge on any atom is 0.317 e. The van der Waals surface area contributed by atoms with E-state index >= 15 is 0 Å². The highest BCUT2D eigenvalue weighted by Crippen LogP contribution is 2.38. The molecular weight excluding hydrogens is 280 g/mol. The molecule has 126 valence electrons. The normalized spacial score (nSPS) is 29.5. The Labute approximate surface area is 133 Å². The van der Waals surface area contributed by atoms with Crippen LogP contribution in [0.15, 0.2) is 0 Å². The number of carbonyl (C=O) groups is 1. The highest BCUT2D eigenvalue weighted by atomic mass is 16.5. The summed E-state index contributed by atoms with van der Waals surface area (Å²) in [6, 6.07) is 0.337. The van der Waals surface area contributed by atoms with Gasteiger partial charge in [-0.3, -0.25) is 0 Å². The standard InChI is InChI=1S/C17H30N2O3/c20-13-14-4-9-19(10-5-14)16(21)18-15-6-11-22-17(12-15)7-2-1-3-8-17/h14-15,20H,1-13H2,(H,18,21). The van der Waals surface area contributed by atoms with Crippen LogP contribution in [0.3, 0.4) is 0 Å². The van der Waals surface area contributed by atoms with Gasteiger partial charge in [0.05, 0.1) is 5.60 Å². The van der Waals surface area contributed by atoms with Gasteiger partial charge in [0.2, 0.25) is 0 Å². The molecule has 2 amide bonds. The van der Waals surface area contributed by atoms with Crippen LogP contribution in [0.25, 0.3) is 0 Å². The summed E-state index contributed by atoms with van der Waals surface area (Å²) < 4.78 is 6.10. The summed E-state index contributed by atoms with van der Waals surface area (Å²) >= 11 is 0. The number of rotatable bonds is 2. The quantitative estimate of drug-likeness (QED) is 0.822. The van der Waals surface area contributed by atoms with Gasteiger partial charge < -0.3 is 20.1 Å². The Morgan fingerprint density at radius 2 is 1.91 bits per heavy atom. The predicted octanol–water partition coefficient (Wildman–Crippen LogP) is 2.28. The molecule has 22 heavy (non-hydrogen) atoms. The lowest BCUT2D eigenvalue weighted by atomic mass is 9.78. The third-order valence-electron chi connectivity index (χ3n) is 5.75. The van der Waals surface area contributed by atoms with E-state index in [1.165, 1.54) is 19.3 Å². The van der Waals surface area contributed by atoms with E-state index in [0.29, 0.717) is 5.92 Å². The number of hydrogen-bond donors (Lipinski definition) is 2. The number of urea groups is 1. The number of aliphatic hydroxyl groups excluding tert-OH is 1. The smallest absolute Gasteiger partial charge is 0.317 e. The lowest BCUT2D eigenvalue weighted by Crippen LogP contribution is -2.53. The first kappa shape index (κ1) is 16.1. The van der Waals surface area contributed by atoms with Crippen molar-refractivity contribution >= 4 is 6.03 Å². The molecule has 2 saturated heterocycles. The molecule has 1 saturated carbocycles. The summed E-state index contributed by atoms with van der Waals surface area (Å²) in [5.74, 6) is 0.373. The number of hydrogen-bond acceptors (Lipinski definition) is 3. The Balaban J connectivity index is 1.49. The average Bonchev–Trinajstić information content (AvgIpc) is 2.56. The second-order valence-corrected chi connectivity index (χ2v) is 7.34. The first-order valence-corrected chi connectivity index (χ1v) is 9.01. The number of ether oxygens (including phenoxy) is 1. The summed E-state index contributed by atoms with van der Waals surface area (Å²) in [6.45, 7) is 2.56. The van der Waals surface area contributed by atoms with Crippen LogP contribution in [-0.4, -0.2) is 54.0 Å². The molecule has 1 atom stereocenters. The zero-order valence-corrected chi connectivity index (χ0v) is 13.6. The van der Waals surface area contributed by atoms with Crippen LogP contribution in [-0.2, 0) is 4.74 Å². The van der Waals surface area contributed by atoms with Crippen LogP contribution in [0.5, 0.6) is 0 Å². The second-order valence-electron chi connectivity index (χ2n) is 7.34. The van der Waals surface area contributed by atoms with Crippen molar-refractivity contribution in [2.24, 2.45) is 5.92 Å². The van der Waals surface area contributed by atoms with Crippen LogP contribution in [0, 0.1) is 5.92 Å². The molecule has 2 aliphatic heterocycles. The highest BCUT2D eigenvalue weighted by molar-refractivity contribution is 5.74. The minimum absolute atomic E-state index is 0.0400. The van der Waals surface area contributed by atoms with Crippen molar-refractivity contribution in [1.29, 1.82) is 0 Å². The van der Waals surface area contributed by atoms with Crippen molar-refractivity contribution < 1.29 is 14.6 Å². The fourth-order valence-electron chi connectivity index (χ4n) is 4.28. The Hall–Kier alpha value is -0.810. The molecule has 2 N–H and O–H groups in total. The minimum atomic E-state index is 0.0400. The topological polar surface area (TPSA) is 61.8 Å². The van der Waals surface area contributed by atoms with Gasteiger partial charge in [-0.2, -0.15) is 0 Å². The molecular formula is C17H30N2O3. The molecule has 0 aromatic heterocycles. The van der Waals surface area contributed by atoms with Gasteiger partial charge in [-0.05, 0) is 44.4 Å². The molecule has 1 unspecified atom stereocenters. The van der Waals surface area contributed by atoms with Crippen LogP contribution < -0.4 is 5.32 Å². The summed E-state index contributed by atoms with van der Waals surface area (Å²) in [4.78, 5) is 14.4. The highest BCUT2D eigenvalue weighted by Gasteiger charge is 2.39. The van der Waals surface area contributed by atoms with Gasteiger partial charge in [0.1, 0.15) is 0 Å². The number of nitrogens with zero attached hydrogens (tertiary/aromatic N) is 1. The molecule has 2 heterocycles. The first-order chi connectivity index (χ1) is 10.7. The molecule has 1 aliphatic carbocycles. The summed E-state index contributed by atoms with van der Waals surface area (Å²) in [6.07, 6.45) is 9.89. The van der Waals surface area contributed by atoms with Crippen LogP contribution >= 0.6 is 0 Å². The fourth-order valence-corrected chi connectivity index (χ4v) is 4.28. The third-order valence-corrected chi connectivity index (χ3v) is 5.75. The lowest BCUT2D eigenvalue weighted by molar-refractivity contribution is -0.108. The van der Waals surface area contributed by atoms with Crippen LogP contribution in [0.4, 0.5) is 4.79 Å². The fraction of sp³-hybridized carbons (Fsp3) is 0.941. The van der Waals surface area contributed by atoms with E-state index < -0.39 is 0 Å². The minimum Gasteiger partial charge on any atom is -0.396 e. The molecule has 0 bridgehead atoms. The molecule has 0 aromatic rings. The van der Waals surface area contributed by atoms with Crippen molar-refractivity contribution in [3.05, 3.63) is 0 Å². The zero-order valence-electron chi connectivity index (χ0n) is 13.6. The average molecular weight is 310 g/mol. The zero-order chi connectivity index (χ0) is 15.4. The summed E-state index contributed by atoms with van der Waals surface area (Å²) in [5.41, 5.74) is 0.0400. The van der Waals surface area contributed by atoms with E-state index in [2.05, 4.69) is 5.32 Å². The number of piperidine rings is 1. The van der Waals surface area contributed by atoms with Gasteiger partial charge >= 0.3 is 6.03 Å². The first-order valence-electron chi connectivity index (χ1n) is 9.01. The number of carbonyl (C=O) groups excluding carboxylic acids is 1. The van der Waals surface area contributed by atoms with Gasteiger partial charge in [-0.25, -0.2) is 4.79 Å². The van der Waals surface area contributed by atoms with Crippen molar-refractivity contribution in [2.45, 2.75) is 69.4 Å². The number of aliphatic hydroxyl groups is 1. The van der Waals surface area contributed by atoms with Crippen LogP contribution in [0.1, 0.15) is 57.8 Å². The molecule has 0 aromatic carbocycles. The van der Waals surface area contributed by atoms with Crippen molar-refractivity contribution in [3.63, 3.8) is 0 Å². The van der Waals surface area contributed by atoms with Crippen molar-refractivity contribution in [1.82, 2.24) is 10.2 Å². The van der Waals surface area contributed by atoms with E-state index in [-0.39, 0.29) is 24.3 Å². The van der Waals surface area contributed by atoms with E-state index in [4.69, 9.17) is 4.74 Å². The van der Waals surface area contributed by atoms with Gasteiger partial charge in [0.25, 0.3) is 0 Å². The molecule has 1 spiro atoms. The largest absolute Gasteiger partial charge is 0.396 e. The van der Waals surface area contributed by atoms with Gasteiger partial charge in [-0.1, -0.05) is 19.3 Å². The van der Waals surface area contributed by atoms with E-state index in [1.807, 2.05) is 4.90 Å². The number of amides is 2. The lowest BCUT2D eigenvalue weighted by Gasteiger charge is -2.44. The van der Waals surface area contributed by atoms with Crippen LogP contribution in [0.2, 0.25) is 0 Å². The van der Waals surface area contributed by atoms with E-state index in [1.54, 1.807) is 0 Å². The van der Waals surface area contributed by atoms with E-state index in [9.17, 15) is 9.90 Å². The van der Waals surface area contributed by atoms with Gasteiger partial charge in [-0.15, -0.1) is 0 Å². The van der Waals surface area contributed by atoms with Gasteiger partial charge in [0, 0.05) is 32.3 Å². The third kappa shape index (κ3) is 3.74. The van der Waals surface area contributed by atoms with Gasteiger partial charge in [0.15, 0.2) is 0 Å². The van der Waals surface area contributed by atoms with E-state index in [0.717, 1.165) is 58.2 Å². The maximum atomic E-state index is 12.4. The SMILES string of the molecule is O=C(NC1CCOC2(CCCCC2)C1)N1CCC(CO)CC1. The number of nitrogens with one attached hydrogen (secondary N) is 1. The molecule has 3 rings (SSSR count). The molecule has 3 aliphatic rings. The Bertz CT molecular complexity index is 369. The molecule has 5 nitrogen and oxygen atoms in total. The monoisotopic (exact) mass is 310 g/mol. The molecule has 5 heteroatoms. The summed E-state index contributed by atoms with van der Waals surface area (Å²) in [5, 5.41) is 12.4. The van der Waals surface area contributed by atoms with Crippen molar-refractivity contribution in [3.8, 4) is 0 Å².